The minimum absolute atomic E-state index is 0.127. The van der Waals surface area contributed by atoms with Crippen LogP contribution >= 0.6 is 11.6 Å². The normalized spacial score (nSPS) is 11.0. The van der Waals surface area contributed by atoms with Crippen molar-refractivity contribution < 1.29 is 18.5 Å². The molecule has 8 heteroatoms. The molecule has 4 aromatic rings. The zero-order valence-corrected chi connectivity index (χ0v) is 16.6. The van der Waals surface area contributed by atoms with Crippen LogP contribution < -0.4 is 0 Å². The Morgan fingerprint density at radius 3 is 2.79 bits per heavy atom. The molecule has 0 aliphatic heterocycles. The molecule has 7 nitrogen and oxygen atoms in total. The summed E-state index contributed by atoms with van der Waals surface area (Å²) in [5.41, 5.74) is 2.87. The number of hydrogen-bond donors (Lipinski definition) is 0. The Morgan fingerprint density at radius 1 is 1.21 bits per heavy atom. The summed E-state index contributed by atoms with van der Waals surface area (Å²) in [4.78, 5) is 16.8. The average Bonchev–Trinajstić information content (AvgIpc) is 3.44. The van der Waals surface area contributed by atoms with Gasteiger partial charge < -0.3 is 18.2 Å². The molecule has 0 radical (unpaired) electrons. The Kier molecular flexibility index (Phi) is 5.22. The van der Waals surface area contributed by atoms with Crippen LogP contribution in [0.15, 0.2) is 57.7 Å². The van der Waals surface area contributed by atoms with E-state index < -0.39 is 5.97 Å². The zero-order chi connectivity index (χ0) is 20.4. The van der Waals surface area contributed by atoms with Gasteiger partial charge in [0, 0.05) is 17.0 Å². The molecule has 0 saturated heterocycles. The summed E-state index contributed by atoms with van der Waals surface area (Å²) in [6.07, 6.45) is 1.62. The number of hydrogen-bond acceptors (Lipinski definition) is 6. The molecule has 0 N–H and O–H groups in total. The standard InChI is InChI=1S/C21H18ClN3O4/c1-13-10-17(14(2)25(13)11-15-6-5-9-27-15)21(26)28-12-19-23-20(24-29-19)16-7-3-4-8-18(16)22/h3-10H,11-12H2,1-2H3. The second-order valence-corrected chi connectivity index (χ2v) is 6.93. The van der Waals surface area contributed by atoms with Crippen molar-refractivity contribution in [1.82, 2.24) is 14.7 Å². The van der Waals surface area contributed by atoms with Gasteiger partial charge >= 0.3 is 5.97 Å². The van der Waals surface area contributed by atoms with E-state index >= 15 is 0 Å². The third-order valence-electron chi connectivity index (χ3n) is 4.60. The number of furan rings is 1. The lowest BCUT2D eigenvalue weighted by Gasteiger charge is -2.07. The van der Waals surface area contributed by atoms with Crippen molar-refractivity contribution in [3.63, 3.8) is 0 Å². The van der Waals surface area contributed by atoms with E-state index in [9.17, 15) is 4.79 Å². The first-order chi connectivity index (χ1) is 14.0. The molecular weight excluding hydrogens is 394 g/mol. The van der Waals surface area contributed by atoms with Crippen LogP contribution in [-0.2, 0) is 17.9 Å². The third kappa shape index (κ3) is 3.95. The molecule has 0 bridgehead atoms. The van der Waals surface area contributed by atoms with Gasteiger partial charge in [0.2, 0.25) is 5.82 Å². The Balaban J connectivity index is 1.45. The van der Waals surface area contributed by atoms with Crippen LogP contribution in [0.4, 0.5) is 0 Å². The number of ether oxygens (including phenoxy) is 1. The predicted octanol–water partition coefficient (Wildman–Crippen LogP) is 4.81. The summed E-state index contributed by atoms with van der Waals surface area (Å²) in [6.45, 7) is 4.22. The highest BCUT2D eigenvalue weighted by molar-refractivity contribution is 6.33. The summed E-state index contributed by atoms with van der Waals surface area (Å²) in [5, 5.41) is 4.41. The topological polar surface area (TPSA) is 83.3 Å². The van der Waals surface area contributed by atoms with Gasteiger partial charge in [-0.2, -0.15) is 4.98 Å². The highest BCUT2D eigenvalue weighted by atomic mass is 35.5. The van der Waals surface area contributed by atoms with Gasteiger partial charge in [0.1, 0.15) is 5.76 Å². The molecular formula is C21H18ClN3O4. The van der Waals surface area contributed by atoms with Crippen molar-refractivity contribution >= 4 is 17.6 Å². The highest BCUT2D eigenvalue weighted by Crippen LogP contribution is 2.25. The maximum absolute atomic E-state index is 12.6. The lowest BCUT2D eigenvalue weighted by Crippen LogP contribution is -2.08. The molecule has 0 saturated carbocycles. The number of halogens is 1. The first kappa shape index (κ1) is 19.0. The van der Waals surface area contributed by atoms with E-state index in [1.54, 1.807) is 24.5 Å². The molecule has 0 aliphatic carbocycles. The van der Waals surface area contributed by atoms with E-state index in [2.05, 4.69) is 10.1 Å². The van der Waals surface area contributed by atoms with Crippen LogP contribution in [0.3, 0.4) is 0 Å². The largest absolute Gasteiger partial charge is 0.467 e. The maximum atomic E-state index is 12.6. The molecule has 0 aliphatic rings. The van der Waals surface area contributed by atoms with E-state index in [0.717, 1.165) is 17.1 Å². The lowest BCUT2D eigenvalue weighted by atomic mass is 10.2. The quantitative estimate of drug-likeness (QED) is 0.423. The van der Waals surface area contributed by atoms with Crippen molar-refractivity contribution in [2.75, 3.05) is 0 Å². The van der Waals surface area contributed by atoms with Crippen LogP contribution in [-0.4, -0.2) is 20.7 Å². The van der Waals surface area contributed by atoms with Crippen molar-refractivity contribution in [2.45, 2.75) is 27.0 Å². The van der Waals surface area contributed by atoms with Crippen LogP contribution in [0.2, 0.25) is 5.02 Å². The van der Waals surface area contributed by atoms with Gasteiger partial charge in [0.05, 0.1) is 23.4 Å². The number of carbonyl (C=O) groups excluding carboxylic acids is 1. The fourth-order valence-electron chi connectivity index (χ4n) is 3.08. The molecule has 3 aromatic heterocycles. The molecule has 0 spiro atoms. The number of esters is 1. The first-order valence-corrected chi connectivity index (χ1v) is 9.34. The zero-order valence-electron chi connectivity index (χ0n) is 15.9. The van der Waals surface area contributed by atoms with E-state index in [1.807, 2.05) is 42.7 Å². The molecule has 0 fully saturated rings. The summed E-state index contributed by atoms with van der Waals surface area (Å²) in [7, 11) is 0. The third-order valence-corrected chi connectivity index (χ3v) is 4.93. The lowest BCUT2D eigenvalue weighted by molar-refractivity contribution is 0.0429. The fourth-order valence-corrected chi connectivity index (χ4v) is 3.30. The van der Waals surface area contributed by atoms with Gasteiger partial charge in [-0.3, -0.25) is 0 Å². The Morgan fingerprint density at radius 2 is 2.03 bits per heavy atom. The highest BCUT2D eigenvalue weighted by Gasteiger charge is 2.19. The number of benzene rings is 1. The van der Waals surface area contributed by atoms with Crippen LogP contribution in [0, 0.1) is 13.8 Å². The van der Waals surface area contributed by atoms with E-state index in [-0.39, 0.29) is 12.5 Å². The summed E-state index contributed by atoms with van der Waals surface area (Å²) < 4.78 is 17.9. The average molecular weight is 412 g/mol. The van der Waals surface area contributed by atoms with Crippen molar-refractivity contribution in [3.8, 4) is 11.4 Å². The van der Waals surface area contributed by atoms with Crippen LogP contribution in [0.1, 0.15) is 33.4 Å². The maximum Gasteiger partial charge on any atom is 0.340 e. The van der Waals surface area contributed by atoms with Gasteiger partial charge in [-0.25, -0.2) is 4.79 Å². The summed E-state index contributed by atoms with van der Waals surface area (Å²) in [5.74, 6) is 0.891. The summed E-state index contributed by atoms with van der Waals surface area (Å²) >= 11 is 6.14. The number of rotatable bonds is 6. The molecule has 0 amide bonds. The Labute approximate surface area is 171 Å². The van der Waals surface area contributed by atoms with E-state index in [0.29, 0.717) is 28.5 Å². The number of aromatic nitrogens is 3. The number of aryl methyl sites for hydroxylation is 1. The SMILES string of the molecule is Cc1cc(C(=O)OCc2nc(-c3ccccc3Cl)no2)c(C)n1Cc1ccco1. The Hall–Kier alpha value is -3.32. The molecule has 0 atom stereocenters. The van der Waals surface area contributed by atoms with Gasteiger partial charge in [-0.05, 0) is 44.2 Å². The number of nitrogens with zero attached hydrogens (tertiary/aromatic N) is 3. The minimum atomic E-state index is -0.457. The number of carbonyl (C=O) groups is 1. The second-order valence-electron chi connectivity index (χ2n) is 6.52. The molecule has 29 heavy (non-hydrogen) atoms. The second kappa shape index (κ2) is 7.97. The van der Waals surface area contributed by atoms with Crippen molar-refractivity contribution in [1.29, 1.82) is 0 Å². The van der Waals surface area contributed by atoms with Crippen LogP contribution in [0.25, 0.3) is 11.4 Å². The molecule has 148 valence electrons. The molecule has 0 unspecified atom stereocenters. The molecule has 3 heterocycles. The van der Waals surface area contributed by atoms with Crippen molar-refractivity contribution in [3.05, 3.63) is 82.4 Å². The van der Waals surface area contributed by atoms with Gasteiger partial charge in [-0.1, -0.05) is 28.9 Å². The van der Waals surface area contributed by atoms with Crippen LogP contribution in [0.5, 0.6) is 0 Å². The monoisotopic (exact) mass is 411 g/mol. The smallest absolute Gasteiger partial charge is 0.340 e. The molecule has 4 rings (SSSR count). The van der Waals surface area contributed by atoms with Crippen molar-refractivity contribution in [2.24, 2.45) is 0 Å². The molecule has 1 aromatic carbocycles. The van der Waals surface area contributed by atoms with Gasteiger partial charge in [0.25, 0.3) is 5.89 Å². The van der Waals surface area contributed by atoms with E-state index in [1.165, 1.54) is 0 Å². The first-order valence-electron chi connectivity index (χ1n) is 8.96. The fraction of sp³-hybridized carbons (Fsp3) is 0.190. The minimum Gasteiger partial charge on any atom is -0.467 e. The predicted molar refractivity (Wildman–Crippen MR) is 106 cm³/mol. The van der Waals surface area contributed by atoms with Gasteiger partial charge in [0.15, 0.2) is 6.61 Å². The van der Waals surface area contributed by atoms with Gasteiger partial charge in [-0.15, -0.1) is 0 Å². The van der Waals surface area contributed by atoms with E-state index in [4.69, 9.17) is 25.3 Å². The Bertz CT molecular complexity index is 1140. The summed E-state index contributed by atoms with van der Waals surface area (Å²) in [6, 6.07) is 12.7.